The van der Waals surface area contributed by atoms with Crippen LogP contribution in [0.25, 0.3) is 11.6 Å². The van der Waals surface area contributed by atoms with E-state index in [1.54, 1.807) is 6.26 Å². The fraction of sp³-hybridized carbons (Fsp3) is 0.600. The predicted molar refractivity (Wildman–Crippen MR) is 78.5 cm³/mol. The van der Waals surface area contributed by atoms with Crippen molar-refractivity contribution in [1.82, 2.24) is 20.4 Å². The van der Waals surface area contributed by atoms with Gasteiger partial charge in [-0.3, -0.25) is 4.90 Å². The van der Waals surface area contributed by atoms with Gasteiger partial charge in [0.2, 0.25) is 11.7 Å². The lowest BCUT2D eigenvalue weighted by Crippen LogP contribution is -2.34. The fourth-order valence-corrected chi connectivity index (χ4v) is 2.80. The van der Waals surface area contributed by atoms with Gasteiger partial charge in [-0.05, 0) is 64.0 Å². The molecule has 1 fully saturated rings. The zero-order valence-electron chi connectivity index (χ0n) is 12.4. The van der Waals surface area contributed by atoms with E-state index in [1.165, 1.54) is 19.3 Å². The van der Waals surface area contributed by atoms with Gasteiger partial charge >= 0.3 is 0 Å². The van der Waals surface area contributed by atoms with Crippen LogP contribution in [0.1, 0.15) is 25.2 Å². The van der Waals surface area contributed by atoms with Crippen molar-refractivity contribution in [2.45, 2.75) is 25.8 Å². The molecule has 2 aromatic rings. The topological polar surface area (TPSA) is 67.3 Å². The first-order chi connectivity index (χ1) is 10.3. The van der Waals surface area contributed by atoms with Crippen molar-refractivity contribution >= 4 is 0 Å². The Bertz CT molecular complexity index is 530. The zero-order valence-corrected chi connectivity index (χ0v) is 12.4. The zero-order chi connectivity index (χ0) is 14.5. The Morgan fingerprint density at radius 2 is 2.24 bits per heavy atom. The highest BCUT2D eigenvalue weighted by molar-refractivity contribution is 5.44. The van der Waals surface area contributed by atoms with Gasteiger partial charge in [0.1, 0.15) is 0 Å². The van der Waals surface area contributed by atoms with Crippen LogP contribution in [0.15, 0.2) is 27.3 Å². The maximum absolute atomic E-state index is 5.31. The summed E-state index contributed by atoms with van der Waals surface area (Å²) >= 11 is 0. The molecule has 0 saturated carbocycles. The largest absolute Gasteiger partial charge is 0.461 e. The van der Waals surface area contributed by atoms with Gasteiger partial charge in [-0.15, -0.1) is 0 Å². The van der Waals surface area contributed by atoms with E-state index in [2.05, 4.69) is 20.4 Å². The second-order valence-corrected chi connectivity index (χ2v) is 5.60. The van der Waals surface area contributed by atoms with Crippen LogP contribution in [0.2, 0.25) is 0 Å². The van der Waals surface area contributed by atoms with E-state index in [4.69, 9.17) is 8.94 Å². The van der Waals surface area contributed by atoms with Crippen LogP contribution >= 0.6 is 0 Å². The van der Waals surface area contributed by atoms with E-state index in [-0.39, 0.29) is 0 Å². The standard InChI is InChI=1S/C15H22N4O2/c1-16-7-4-12-5-8-19(9-6-12)11-14-17-15(18-21-14)13-3-2-10-20-13/h2-3,10,12,16H,4-9,11H2,1H3. The predicted octanol–water partition coefficient (Wildman–Crippen LogP) is 2.15. The number of piperidine rings is 1. The highest BCUT2D eigenvalue weighted by atomic mass is 16.5. The van der Waals surface area contributed by atoms with Gasteiger partial charge in [-0.2, -0.15) is 4.98 Å². The molecule has 3 rings (SSSR count). The molecule has 0 spiro atoms. The molecule has 6 heteroatoms. The van der Waals surface area contributed by atoms with Gasteiger partial charge in [0.15, 0.2) is 5.76 Å². The van der Waals surface area contributed by atoms with Crippen LogP contribution in [0, 0.1) is 5.92 Å². The van der Waals surface area contributed by atoms with Gasteiger partial charge in [0, 0.05) is 0 Å². The van der Waals surface area contributed by atoms with Crippen LogP contribution in [0.5, 0.6) is 0 Å². The Morgan fingerprint density at radius 3 is 2.95 bits per heavy atom. The Kier molecular flexibility index (Phi) is 4.67. The van der Waals surface area contributed by atoms with Gasteiger partial charge in [-0.1, -0.05) is 5.16 Å². The summed E-state index contributed by atoms with van der Waals surface area (Å²) in [6.07, 6.45) is 5.39. The minimum atomic E-state index is 0.527. The van der Waals surface area contributed by atoms with Crippen LogP contribution < -0.4 is 5.32 Å². The highest BCUT2D eigenvalue weighted by Crippen LogP contribution is 2.22. The Morgan fingerprint density at radius 1 is 1.38 bits per heavy atom. The van der Waals surface area contributed by atoms with Gasteiger partial charge in [0.05, 0.1) is 12.8 Å². The molecule has 3 heterocycles. The third kappa shape index (κ3) is 3.71. The Balaban J connectivity index is 1.49. The van der Waals surface area contributed by atoms with Crippen LogP contribution in [-0.4, -0.2) is 41.7 Å². The molecule has 0 amide bonds. The summed E-state index contributed by atoms with van der Waals surface area (Å²) in [5.41, 5.74) is 0. The average Bonchev–Trinajstić information content (AvgIpc) is 3.17. The van der Waals surface area contributed by atoms with E-state index in [0.29, 0.717) is 17.5 Å². The molecule has 1 aliphatic heterocycles. The first-order valence-electron chi connectivity index (χ1n) is 7.58. The molecule has 21 heavy (non-hydrogen) atoms. The van der Waals surface area contributed by atoms with Crippen molar-refractivity contribution in [3.05, 3.63) is 24.3 Å². The molecular formula is C15H22N4O2. The summed E-state index contributed by atoms with van der Waals surface area (Å²) in [6.45, 7) is 4.05. The highest BCUT2D eigenvalue weighted by Gasteiger charge is 2.21. The smallest absolute Gasteiger partial charge is 0.241 e. The molecule has 0 aliphatic carbocycles. The van der Waals surface area contributed by atoms with Gasteiger partial charge in [-0.25, -0.2) is 0 Å². The summed E-state index contributed by atoms with van der Waals surface area (Å²) in [4.78, 5) is 6.78. The van der Waals surface area contributed by atoms with Crippen molar-refractivity contribution in [1.29, 1.82) is 0 Å². The molecule has 0 bridgehead atoms. The number of nitrogens with one attached hydrogen (secondary N) is 1. The number of aromatic nitrogens is 2. The van der Waals surface area contributed by atoms with Crippen molar-refractivity contribution in [3.8, 4) is 11.6 Å². The second-order valence-electron chi connectivity index (χ2n) is 5.60. The molecule has 2 aromatic heterocycles. The van der Waals surface area contributed by atoms with Crippen LogP contribution in [-0.2, 0) is 6.54 Å². The third-order valence-corrected chi connectivity index (χ3v) is 4.08. The van der Waals surface area contributed by atoms with Crippen molar-refractivity contribution < 1.29 is 8.94 Å². The maximum Gasteiger partial charge on any atom is 0.241 e. The second kappa shape index (κ2) is 6.87. The van der Waals surface area contributed by atoms with E-state index in [0.717, 1.165) is 32.1 Å². The number of rotatable bonds is 6. The lowest BCUT2D eigenvalue weighted by Gasteiger charge is -2.30. The number of nitrogens with zero attached hydrogens (tertiary/aromatic N) is 3. The number of hydrogen-bond donors (Lipinski definition) is 1. The van der Waals surface area contributed by atoms with E-state index < -0.39 is 0 Å². The SMILES string of the molecule is CNCCC1CCN(Cc2nc(-c3ccco3)no2)CC1. The molecule has 0 unspecified atom stereocenters. The van der Waals surface area contributed by atoms with Crippen molar-refractivity contribution in [2.24, 2.45) is 5.92 Å². The first-order valence-corrected chi connectivity index (χ1v) is 7.58. The van der Waals surface area contributed by atoms with Gasteiger partial charge < -0.3 is 14.3 Å². The summed E-state index contributed by atoms with van der Waals surface area (Å²) < 4.78 is 10.6. The minimum Gasteiger partial charge on any atom is -0.461 e. The first kappa shape index (κ1) is 14.3. The monoisotopic (exact) mass is 290 g/mol. The molecular weight excluding hydrogens is 268 g/mol. The lowest BCUT2D eigenvalue weighted by atomic mass is 9.93. The van der Waals surface area contributed by atoms with Crippen molar-refractivity contribution in [2.75, 3.05) is 26.7 Å². The Labute approximate surface area is 124 Å². The molecule has 1 N–H and O–H groups in total. The molecule has 1 saturated heterocycles. The minimum absolute atomic E-state index is 0.527. The Hall–Kier alpha value is -1.66. The number of hydrogen-bond acceptors (Lipinski definition) is 6. The normalized spacial score (nSPS) is 17.4. The molecule has 0 aromatic carbocycles. The number of furan rings is 1. The molecule has 114 valence electrons. The lowest BCUT2D eigenvalue weighted by molar-refractivity contribution is 0.155. The van der Waals surface area contributed by atoms with E-state index >= 15 is 0 Å². The summed E-state index contributed by atoms with van der Waals surface area (Å²) in [7, 11) is 2.02. The maximum atomic E-state index is 5.31. The average molecular weight is 290 g/mol. The number of likely N-dealkylation sites (tertiary alicyclic amines) is 1. The molecule has 6 nitrogen and oxygen atoms in total. The summed E-state index contributed by atoms with van der Waals surface area (Å²) in [5.74, 6) is 2.68. The molecule has 0 atom stereocenters. The van der Waals surface area contributed by atoms with E-state index in [1.807, 2.05) is 19.2 Å². The molecule has 0 radical (unpaired) electrons. The molecule has 1 aliphatic rings. The fourth-order valence-electron chi connectivity index (χ4n) is 2.80. The summed E-state index contributed by atoms with van der Waals surface area (Å²) in [5, 5.41) is 7.19. The van der Waals surface area contributed by atoms with Crippen molar-refractivity contribution in [3.63, 3.8) is 0 Å². The van der Waals surface area contributed by atoms with Crippen LogP contribution in [0.3, 0.4) is 0 Å². The summed E-state index contributed by atoms with van der Waals surface area (Å²) in [6, 6.07) is 3.66. The van der Waals surface area contributed by atoms with Crippen LogP contribution in [0.4, 0.5) is 0 Å². The van der Waals surface area contributed by atoms with E-state index in [9.17, 15) is 0 Å². The third-order valence-electron chi connectivity index (χ3n) is 4.08. The quantitative estimate of drug-likeness (QED) is 0.879. The van der Waals surface area contributed by atoms with Gasteiger partial charge in [0.25, 0.3) is 0 Å².